The van der Waals surface area contributed by atoms with Crippen molar-refractivity contribution in [3.05, 3.63) is 29.8 Å². The lowest BCUT2D eigenvalue weighted by molar-refractivity contribution is 0.601. The van der Waals surface area contributed by atoms with E-state index in [1.807, 2.05) is 0 Å². The molecular formula is C11H11BrO2S. The lowest BCUT2D eigenvalue weighted by Crippen LogP contribution is -1.99. The van der Waals surface area contributed by atoms with Crippen LogP contribution >= 0.6 is 15.9 Å². The van der Waals surface area contributed by atoms with E-state index in [2.05, 4.69) is 27.8 Å². The summed E-state index contributed by atoms with van der Waals surface area (Å²) in [6.45, 7) is 0. The van der Waals surface area contributed by atoms with Crippen molar-refractivity contribution in [1.82, 2.24) is 0 Å². The molecule has 0 heterocycles. The largest absolute Gasteiger partial charge is 0.224 e. The van der Waals surface area contributed by atoms with Crippen LogP contribution < -0.4 is 0 Å². The van der Waals surface area contributed by atoms with Crippen LogP contribution in [0, 0.1) is 11.8 Å². The van der Waals surface area contributed by atoms with Crippen molar-refractivity contribution in [3.8, 4) is 11.8 Å². The fraction of sp³-hybridized carbons (Fsp3) is 0.273. The van der Waals surface area contributed by atoms with Crippen molar-refractivity contribution in [2.45, 2.75) is 11.3 Å². The van der Waals surface area contributed by atoms with Gasteiger partial charge in [-0.25, -0.2) is 8.42 Å². The van der Waals surface area contributed by atoms with Crippen LogP contribution in [0.2, 0.25) is 0 Å². The molecule has 0 atom stereocenters. The van der Waals surface area contributed by atoms with Crippen LogP contribution in [0.15, 0.2) is 29.2 Å². The van der Waals surface area contributed by atoms with Crippen LogP contribution in [0.4, 0.5) is 0 Å². The highest BCUT2D eigenvalue weighted by atomic mass is 79.9. The van der Waals surface area contributed by atoms with Crippen LogP contribution in [0.5, 0.6) is 0 Å². The van der Waals surface area contributed by atoms with Crippen LogP contribution in [-0.2, 0) is 9.84 Å². The number of sulfone groups is 1. The average molecular weight is 287 g/mol. The predicted octanol–water partition coefficient (Wildman–Crippen LogP) is 2.23. The molecular weight excluding hydrogens is 276 g/mol. The number of hydrogen-bond donors (Lipinski definition) is 0. The van der Waals surface area contributed by atoms with Gasteiger partial charge in [-0.15, -0.1) is 0 Å². The molecule has 4 heteroatoms. The molecule has 0 N–H and O–H groups in total. The monoisotopic (exact) mass is 286 g/mol. The minimum atomic E-state index is -3.18. The summed E-state index contributed by atoms with van der Waals surface area (Å²) in [7, 11) is -3.18. The molecule has 0 aromatic heterocycles. The van der Waals surface area contributed by atoms with Crippen LogP contribution in [0.3, 0.4) is 0 Å². The molecule has 15 heavy (non-hydrogen) atoms. The average Bonchev–Trinajstić information content (AvgIpc) is 2.17. The standard InChI is InChI=1S/C11H11BrO2S/c1-15(13,14)11-8-3-2-6-10(11)7-4-5-9-12/h2-3,6,8H,5,9H2,1H3. The van der Waals surface area contributed by atoms with E-state index in [4.69, 9.17) is 0 Å². The Hall–Kier alpha value is -0.790. The van der Waals surface area contributed by atoms with E-state index in [1.54, 1.807) is 24.3 Å². The highest BCUT2D eigenvalue weighted by molar-refractivity contribution is 9.09. The van der Waals surface area contributed by atoms with Gasteiger partial charge in [-0.2, -0.15) is 0 Å². The summed E-state index contributed by atoms with van der Waals surface area (Å²) in [5, 5.41) is 0.793. The molecule has 0 aliphatic rings. The third-order valence-corrected chi connectivity index (χ3v) is 3.28. The zero-order valence-corrected chi connectivity index (χ0v) is 10.7. The van der Waals surface area contributed by atoms with Crippen molar-refractivity contribution < 1.29 is 8.42 Å². The highest BCUT2D eigenvalue weighted by Gasteiger charge is 2.10. The Bertz CT molecular complexity index is 495. The molecule has 80 valence electrons. The van der Waals surface area contributed by atoms with E-state index in [0.29, 0.717) is 16.9 Å². The van der Waals surface area contributed by atoms with Gasteiger partial charge in [0.05, 0.1) is 4.90 Å². The summed E-state index contributed by atoms with van der Waals surface area (Å²) < 4.78 is 22.8. The van der Waals surface area contributed by atoms with Gasteiger partial charge in [0, 0.05) is 23.6 Å². The molecule has 0 unspecified atom stereocenters. The number of rotatable bonds is 2. The molecule has 0 saturated heterocycles. The van der Waals surface area contributed by atoms with Crippen molar-refractivity contribution in [3.63, 3.8) is 0 Å². The Kier molecular flexibility index (Phi) is 4.37. The molecule has 1 rings (SSSR count). The number of benzene rings is 1. The molecule has 0 aliphatic heterocycles. The van der Waals surface area contributed by atoms with Crippen LogP contribution in [0.25, 0.3) is 0 Å². The van der Waals surface area contributed by atoms with Gasteiger partial charge in [0.1, 0.15) is 0 Å². The lowest BCUT2D eigenvalue weighted by Gasteiger charge is -2.00. The normalized spacial score (nSPS) is 10.5. The smallest absolute Gasteiger partial charge is 0.176 e. The zero-order chi connectivity index (χ0) is 11.3. The van der Waals surface area contributed by atoms with Gasteiger partial charge in [0.15, 0.2) is 9.84 Å². The van der Waals surface area contributed by atoms with E-state index in [1.165, 1.54) is 6.26 Å². The van der Waals surface area contributed by atoms with Crippen LogP contribution in [0.1, 0.15) is 12.0 Å². The first-order chi connectivity index (χ1) is 7.05. The summed E-state index contributed by atoms with van der Waals surface area (Å²) >= 11 is 3.26. The van der Waals surface area contributed by atoms with Gasteiger partial charge < -0.3 is 0 Å². The van der Waals surface area contributed by atoms with Crippen LogP contribution in [-0.4, -0.2) is 20.0 Å². The Morgan fingerprint density at radius 1 is 1.33 bits per heavy atom. The fourth-order valence-electron chi connectivity index (χ4n) is 1.10. The molecule has 0 aliphatic carbocycles. The van der Waals surface area contributed by atoms with Crippen molar-refractivity contribution in [2.75, 3.05) is 11.6 Å². The number of hydrogen-bond acceptors (Lipinski definition) is 2. The van der Waals surface area contributed by atoms with E-state index in [0.717, 1.165) is 5.33 Å². The van der Waals surface area contributed by atoms with Crippen molar-refractivity contribution >= 4 is 25.8 Å². The third kappa shape index (κ3) is 3.69. The van der Waals surface area contributed by atoms with Crippen molar-refractivity contribution in [1.29, 1.82) is 0 Å². The predicted molar refractivity (Wildman–Crippen MR) is 64.8 cm³/mol. The van der Waals surface area contributed by atoms with Gasteiger partial charge in [-0.05, 0) is 12.1 Å². The summed E-state index contributed by atoms with van der Waals surface area (Å²) in [4.78, 5) is 0.298. The zero-order valence-electron chi connectivity index (χ0n) is 8.33. The van der Waals surface area contributed by atoms with E-state index < -0.39 is 9.84 Å². The van der Waals surface area contributed by atoms with E-state index >= 15 is 0 Å². The molecule has 2 nitrogen and oxygen atoms in total. The van der Waals surface area contributed by atoms with Crippen molar-refractivity contribution in [2.24, 2.45) is 0 Å². The minimum Gasteiger partial charge on any atom is -0.224 e. The first kappa shape index (κ1) is 12.3. The SMILES string of the molecule is CS(=O)(=O)c1ccccc1C#CCCBr. The lowest BCUT2D eigenvalue weighted by atomic mass is 10.2. The van der Waals surface area contributed by atoms with Gasteiger partial charge in [0.25, 0.3) is 0 Å². The first-order valence-corrected chi connectivity index (χ1v) is 7.41. The Morgan fingerprint density at radius 3 is 2.60 bits per heavy atom. The molecule has 0 fully saturated rings. The highest BCUT2D eigenvalue weighted by Crippen LogP contribution is 2.13. The molecule has 0 spiro atoms. The quantitative estimate of drug-likeness (QED) is 0.617. The van der Waals surface area contributed by atoms with Gasteiger partial charge >= 0.3 is 0 Å². The van der Waals surface area contributed by atoms with E-state index in [9.17, 15) is 8.42 Å². The third-order valence-electron chi connectivity index (χ3n) is 1.73. The maximum Gasteiger partial charge on any atom is 0.176 e. The van der Waals surface area contributed by atoms with Gasteiger partial charge in [-0.1, -0.05) is 39.9 Å². The summed E-state index contributed by atoms with van der Waals surface area (Å²) in [6.07, 6.45) is 1.90. The second kappa shape index (κ2) is 5.34. The Balaban J connectivity index is 3.15. The molecule has 0 saturated carbocycles. The summed E-state index contributed by atoms with van der Waals surface area (Å²) in [5.41, 5.74) is 0.570. The topological polar surface area (TPSA) is 34.1 Å². The van der Waals surface area contributed by atoms with E-state index in [-0.39, 0.29) is 0 Å². The first-order valence-electron chi connectivity index (χ1n) is 4.39. The Morgan fingerprint density at radius 2 is 2.00 bits per heavy atom. The second-order valence-electron chi connectivity index (χ2n) is 3.01. The second-order valence-corrected chi connectivity index (χ2v) is 5.79. The van der Waals surface area contributed by atoms with Gasteiger partial charge in [-0.3, -0.25) is 0 Å². The molecule has 0 amide bonds. The molecule has 1 aromatic rings. The summed E-state index contributed by atoms with van der Waals surface area (Å²) in [6, 6.07) is 6.78. The minimum absolute atomic E-state index is 0.298. The molecule has 1 aromatic carbocycles. The maximum absolute atomic E-state index is 11.4. The maximum atomic E-state index is 11.4. The molecule has 0 radical (unpaired) electrons. The fourth-order valence-corrected chi connectivity index (χ4v) is 2.14. The Labute approximate surface area is 98.7 Å². The summed E-state index contributed by atoms with van der Waals surface area (Å²) in [5.74, 6) is 5.76. The number of halogens is 1. The number of alkyl halides is 1. The molecule has 0 bridgehead atoms. The van der Waals surface area contributed by atoms with Gasteiger partial charge in [0.2, 0.25) is 0 Å².